The van der Waals surface area contributed by atoms with Gasteiger partial charge in [-0.25, -0.2) is 0 Å². The Hall–Kier alpha value is -1.75. The van der Waals surface area contributed by atoms with Crippen molar-refractivity contribution in [3.8, 4) is 5.75 Å². The molecule has 5 nitrogen and oxygen atoms in total. The molecule has 26 heavy (non-hydrogen) atoms. The number of aliphatic imine (C=N–C) groups is 1. The average Bonchev–Trinajstić information content (AvgIpc) is 2.67. The molecule has 1 heterocycles. The van der Waals surface area contributed by atoms with E-state index in [4.69, 9.17) is 9.73 Å². The first-order valence-corrected chi connectivity index (χ1v) is 10.1. The van der Waals surface area contributed by atoms with Crippen LogP contribution in [0.1, 0.15) is 33.1 Å². The van der Waals surface area contributed by atoms with Crippen LogP contribution in [0.2, 0.25) is 0 Å². The number of nitrogens with one attached hydrogen (secondary N) is 1. The lowest BCUT2D eigenvalue weighted by molar-refractivity contribution is 0.188. The van der Waals surface area contributed by atoms with E-state index in [0.717, 1.165) is 31.3 Å². The van der Waals surface area contributed by atoms with Gasteiger partial charge in [-0.2, -0.15) is 0 Å². The van der Waals surface area contributed by atoms with Gasteiger partial charge in [0.2, 0.25) is 0 Å². The zero-order chi connectivity index (χ0) is 18.6. The van der Waals surface area contributed by atoms with Crippen LogP contribution in [0.25, 0.3) is 0 Å². The lowest BCUT2D eigenvalue weighted by atomic mass is 9.97. The van der Waals surface area contributed by atoms with E-state index in [1.165, 1.54) is 38.9 Å². The molecule has 0 atom stereocenters. The van der Waals surface area contributed by atoms with E-state index >= 15 is 0 Å². The molecule has 0 spiro atoms. The standard InChI is InChI=1S/C21H36N4O/c1-4-13-25-14-11-19(12-15-25)18-23-21(22-5-2)24(3)16-17-26-20-9-7-6-8-10-20/h6-10,19H,4-5,11-18H2,1-3H3,(H,22,23). The van der Waals surface area contributed by atoms with Crippen molar-refractivity contribution in [1.29, 1.82) is 0 Å². The fourth-order valence-electron chi connectivity index (χ4n) is 3.32. The molecule has 0 bridgehead atoms. The Morgan fingerprint density at radius 2 is 1.96 bits per heavy atom. The quantitative estimate of drug-likeness (QED) is 0.543. The molecule has 146 valence electrons. The van der Waals surface area contributed by atoms with E-state index < -0.39 is 0 Å². The zero-order valence-corrected chi connectivity index (χ0v) is 16.8. The molecular weight excluding hydrogens is 324 g/mol. The van der Waals surface area contributed by atoms with Crippen molar-refractivity contribution in [2.75, 3.05) is 52.9 Å². The molecule has 0 aromatic heterocycles. The van der Waals surface area contributed by atoms with Crippen LogP contribution in [0.5, 0.6) is 5.75 Å². The highest BCUT2D eigenvalue weighted by atomic mass is 16.5. The van der Waals surface area contributed by atoms with Crippen LogP contribution in [-0.4, -0.2) is 68.7 Å². The fraction of sp³-hybridized carbons (Fsp3) is 0.667. The highest BCUT2D eigenvalue weighted by Gasteiger charge is 2.18. The lowest BCUT2D eigenvalue weighted by Gasteiger charge is -2.31. The molecule has 1 saturated heterocycles. The van der Waals surface area contributed by atoms with Crippen LogP contribution >= 0.6 is 0 Å². The van der Waals surface area contributed by atoms with Gasteiger partial charge in [0.25, 0.3) is 0 Å². The molecule has 0 aliphatic carbocycles. The molecule has 1 aliphatic rings. The van der Waals surface area contributed by atoms with Gasteiger partial charge in [0.05, 0.1) is 6.54 Å². The molecule has 1 aliphatic heterocycles. The molecule has 5 heteroatoms. The van der Waals surface area contributed by atoms with Crippen molar-refractivity contribution in [1.82, 2.24) is 15.1 Å². The fourth-order valence-corrected chi connectivity index (χ4v) is 3.32. The van der Waals surface area contributed by atoms with Gasteiger partial charge in [0.1, 0.15) is 12.4 Å². The Morgan fingerprint density at radius 1 is 1.23 bits per heavy atom. The molecule has 0 amide bonds. The summed E-state index contributed by atoms with van der Waals surface area (Å²) in [5, 5.41) is 3.41. The Bertz CT molecular complexity index is 512. The molecule has 1 fully saturated rings. The third-order valence-corrected chi connectivity index (χ3v) is 4.88. The number of para-hydroxylation sites is 1. The maximum absolute atomic E-state index is 5.80. The number of nitrogens with zero attached hydrogens (tertiary/aromatic N) is 3. The van der Waals surface area contributed by atoms with E-state index in [-0.39, 0.29) is 0 Å². The van der Waals surface area contributed by atoms with Crippen molar-refractivity contribution in [3.63, 3.8) is 0 Å². The predicted molar refractivity (Wildman–Crippen MR) is 110 cm³/mol. The third-order valence-electron chi connectivity index (χ3n) is 4.88. The van der Waals surface area contributed by atoms with Crippen molar-refractivity contribution >= 4 is 5.96 Å². The van der Waals surface area contributed by atoms with E-state index in [1.54, 1.807) is 0 Å². The summed E-state index contributed by atoms with van der Waals surface area (Å²) >= 11 is 0. The monoisotopic (exact) mass is 360 g/mol. The molecule has 1 aromatic rings. The maximum atomic E-state index is 5.80. The summed E-state index contributed by atoms with van der Waals surface area (Å²) in [5.41, 5.74) is 0. The highest BCUT2D eigenvalue weighted by molar-refractivity contribution is 5.79. The van der Waals surface area contributed by atoms with Crippen molar-refractivity contribution < 1.29 is 4.74 Å². The molecule has 0 unspecified atom stereocenters. The summed E-state index contributed by atoms with van der Waals surface area (Å²) in [6.07, 6.45) is 3.79. The molecular formula is C21H36N4O. The van der Waals surface area contributed by atoms with Crippen LogP contribution in [0.15, 0.2) is 35.3 Å². The number of likely N-dealkylation sites (tertiary alicyclic amines) is 1. The summed E-state index contributed by atoms with van der Waals surface area (Å²) in [5.74, 6) is 2.62. The van der Waals surface area contributed by atoms with Gasteiger partial charge < -0.3 is 19.9 Å². The van der Waals surface area contributed by atoms with Crippen LogP contribution in [0.4, 0.5) is 0 Å². The molecule has 0 radical (unpaired) electrons. The first-order chi connectivity index (χ1) is 12.7. The number of benzene rings is 1. The minimum Gasteiger partial charge on any atom is -0.492 e. The largest absolute Gasteiger partial charge is 0.492 e. The number of likely N-dealkylation sites (N-methyl/N-ethyl adjacent to an activating group) is 1. The van der Waals surface area contributed by atoms with Gasteiger partial charge in [-0.1, -0.05) is 25.1 Å². The Labute approximate surface area is 159 Å². The van der Waals surface area contributed by atoms with Gasteiger partial charge >= 0.3 is 0 Å². The zero-order valence-electron chi connectivity index (χ0n) is 16.8. The smallest absolute Gasteiger partial charge is 0.193 e. The van der Waals surface area contributed by atoms with Crippen molar-refractivity contribution in [2.45, 2.75) is 33.1 Å². The van der Waals surface area contributed by atoms with E-state index in [9.17, 15) is 0 Å². The average molecular weight is 361 g/mol. The topological polar surface area (TPSA) is 40.1 Å². The first-order valence-electron chi connectivity index (χ1n) is 10.1. The van der Waals surface area contributed by atoms with Gasteiger partial charge in [0.15, 0.2) is 5.96 Å². The number of hydrogen-bond donors (Lipinski definition) is 1. The summed E-state index contributed by atoms with van der Waals surface area (Å²) in [7, 11) is 2.08. The van der Waals surface area contributed by atoms with Gasteiger partial charge in [-0.3, -0.25) is 4.99 Å². The van der Waals surface area contributed by atoms with Crippen molar-refractivity contribution in [3.05, 3.63) is 30.3 Å². The number of guanidine groups is 1. The van der Waals surface area contributed by atoms with Crippen LogP contribution in [0.3, 0.4) is 0 Å². The summed E-state index contributed by atoms with van der Waals surface area (Å²) in [6.45, 7) is 11.3. The first kappa shape index (κ1) is 20.6. The highest BCUT2D eigenvalue weighted by Crippen LogP contribution is 2.17. The van der Waals surface area contributed by atoms with Crippen LogP contribution in [0, 0.1) is 5.92 Å². The maximum Gasteiger partial charge on any atom is 0.193 e. The van der Waals surface area contributed by atoms with Crippen LogP contribution < -0.4 is 10.1 Å². The van der Waals surface area contributed by atoms with Gasteiger partial charge in [-0.15, -0.1) is 0 Å². The van der Waals surface area contributed by atoms with E-state index in [0.29, 0.717) is 12.5 Å². The summed E-state index contributed by atoms with van der Waals surface area (Å²) in [6, 6.07) is 9.98. The Morgan fingerprint density at radius 3 is 2.62 bits per heavy atom. The lowest BCUT2D eigenvalue weighted by Crippen LogP contribution is -2.41. The van der Waals surface area contributed by atoms with E-state index in [1.807, 2.05) is 30.3 Å². The number of hydrogen-bond acceptors (Lipinski definition) is 3. The minimum atomic E-state index is 0.653. The second kappa shape index (κ2) is 11.8. The summed E-state index contributed by atoms with van der Waals surface area (Å²) in [4.78, 5) is 9.64. The number of ether oxygens (including phenoxy) is 1. The molecule has 1 N–H and O–H groups in total. The van der Waals surface area contributed by atoms with Crippen molar-refractivity contribution in [2.24, 2.45) is 10.9 Å². The second-order valence-corrected chi connectivity index (χ2v) is 7.06. The summed E-state index contributed by atoms with van der Waals surface area (Å²) < 4.78 is 5.80. The second-order valence-electron chi connectivity index (χ2n) is 7.06. The SMILES string of the molecule is CCCN1CCC(CN=C(NCC)N(C)CCOc2ccccc2)CC1. The molecule has 1 aromatic carbocycles. The normalized spacial score (nSPS) is 16.5. The van der Waals surface area contributed by atoms with Gasteiger partial charge in [0, 0.05) is 20.1 Å². The number of rotatable bonds is 9. The minimum absolute atomic E-state index is 0.653. The van der Waals surface area contributed by atoms with Gasteiger partial charge in [-0.05, 0) is 63.9 Å². The van der Waals surface area contributed by atoms with Crippen LogP contribution in [-0.2, 0) is 0 Å². The molecule has 0 saturated carbocycles. The Balaban J connectivity index is 1.76. The number of piperidine rings is 1. The third kappa shape index (κ3) is 7.24. The van der Waals surface area contributed by atoms with E-state index in [2.05, 4.69) is 36.0 Å². The molecule has 2 rings (SSSR count). The Kier molecular flexibility index (Phi) is 9.32. The predicted octanol–water partition coefficient (Wildman–Crippen LogP) is 3.08.